The summed E-state index contributed by atoms with van der Waals surface area (Å²) in [5, 5.41) is 8.38. The molecule has 0 aliphatic heterocycles. The van der Waals surface area contributed by atoms with E-state index in [1.807, 2.05) is 0 Å². The second kappa shape index (κ2) is 5.08. The summed E-state index contributed by atoms with van der Waals surface area (Å²) in [7, 11) is -3.77. The van der Waals surface area contributed by atoms with E-state index in [0.717, 1.165) is 0 Å². The van der Waals surface area contributed by atoms with Crippen LogP contribution in [-0.2, 0) is 21.4 Å². The van der Waals surface area contributed by atoms with E-state index in [0.29, 0.717) is 6.54 Å². The Labute approximate surface area is 93.2 Å². The third-order valence-electron chi connectivity index (χ3n) is 1.74. The number of hydrogen-bond acceptors (Lipinski definition) is 4. The van der Waals surface area contributed by atoms with Gasteiger partial charge in [-0.15, -0.1) is 0 Å². The minimum atomic E-state index is -3.77. The molecule has 0 radical (unpaired) electrons. The van der Waals surface area contributed by atoms with Crippen molar-refractivity contribution in [2.75, 3.05) is 5.75 Å². The Kier molecular flexibility index (Phi) is 4.02. The zero-order chi connectivity index (χ0) is 12.2. The molecule has 0 aliphatic rings. The fraction of sp³-hybridized carbons (Fsp3) is 0.500. The number of rotatable bonds is 6. The average molecular weight is 247 g/mol. The van der Waals surface area contributed by atoms with Crippen molar-refractivity contribution in [1.29, 1.82) is 0 Å². The van der Waals surface area contributed by atoms with Crippen molar-refractivity contribution in [2.45, 2.75) is 19.5 Å². The van der Waals surface area contributed by atoms with Gasteiger partial charge in [0.15, 0.2) is 5.75 Å². The van der Waals surface area contributed by atoms with Crippen LogP contribution in [0.2, 0.25) is 0 Å². The maximum absolute atomic E-state index is 11.3. The molecular formula is C8H13N3O4S. The monoisotopic (exact) mass is 247 g/mol. The Balaban J connectivity index is 2.51. The number of carboxylic acid groups (broad SMARTS) is 1. The van der Waals surface area contributed by atoms with Gasteiger partial charge >= 0.3 is 5.97 Å². The van der Waals surface area contributed by atoms with Gasteiger partial charge in [0.05, 0.1) is 6.33 Å². The van der Waals surface area contributed by atoms with Crippen molar-refractivity contribution >= 4 is 16.0 Å². The SMILES string of the molecule is CC(Cn1ccnc1)NS(=O)(=O)CC(=O)O. The highest BCUT2D eigenvalue weighted by molar-refractivity contribution is 7.90. The fourth-order valence-electron chi connectivity index (χ4n) is 1.26. The summed E-state index contributed by atoms with van der Waals surface area (Å²) in [6.45, 7) is 2.05. The van der Waals surface area contributed by atoms with Crippen LogP contribution in [0.5, 0.6) is 0 Å². The molecule has 0 aliphatic carbocycles. The molecule has 1 aromatic rings. The minimum absolute atomic E-state index is 0.390. The van der Waals surface area contributed by atoms with E-state index in [4.69, 9.17) is 5.11 Å². The first kappa shape index (κ1) is 12.7. The van der Waals surface area contributed by atoms with Crippen LogP contribution in [0.1, 0.15) is 6.92 Å². The molecule has 16 heavy (non-hydrogen) atoms. The van der Waals surface area contributed by atoms with Crippen LogP contribution >= 0.6 is 0 Å². The number of carboxylic acids is 1. The van der Waals surface area contributed by atoms with E-state index in [9.17, 15) is 13.2 Å². The average Bonchev–Trinajstić information content (AvgIpc) is 2.51. The van der Waals surface area contributed by atoms with E-state index in [2.05, 4.69) is 9.71 Å². The van der Waals surface area contributed by atoms with Crippen LogP contribution in [0.3, 0.4) is 0 Å². The van der Waals surface area contributed by atoms with Crippen LogP contribution in [-0.4, -0.2) is 40.8 Å². The Morgan fingerprint density at radius 3 is 2.81 bits per heavy atom. The maximum atomic E-state index is 11.3. The molecule has 1 rings (SSSR count). The fourth-order valence-corrected chi connectivity index (χ4v) is 2.36. The molecule has 0 saturated carbocycles. The molecule has 1 aromatic heterocycles. The molecule has 1 atom stereocenters. The van der Waals surface area contributed by atoms with Gasteiger partial charge in [-0.25, -0.2) is 18.1 Å². The number of aromatic nitrogens is 2. The predicted molar refractivity (Wildman–Crippen MR) is 56.2 cm³/mol. The number of hydrogen-bond donors (Lipinski definition) is 2. The lowest BCUT2D eigenvalue weighted by Crippen LogP contribution is -2.38. The smallest absolute Gasteiger partial charge is 0.320 e. The molecule has 0 fully saturated rings. The van der Waals surface area contributed by atoms with E-state index >= 15 is 0 Å². The topological polar surface area (TPSA) is 101 Å². The molecular weight excluding hydrogens is 234 g/mol. The van der Waals surface area contributed by atoms with Crippen molar-refractivity contribution < 1.29 is 18.3 Å². The van der Waals surface area contributed by atoms with E-state index in [1.165, 1.54) is 0 Å². The summed E-state index contributed by atoms with van der Waals surface area (Å²) in [5.74, 6) is -2.29. The Morgan fingerprint density at radius 2 is 2.31 bits per heavy atom. The third kappa shape index (κ3) is 4.41. The van der Waals surface area contributed by atoms with Crippen LogP contribution in [0.4, 0.5) is 0 Å². The highest BCUT2D eigenvalue weighted by Crippen LogP contribution is 1.95. The highest BCUT2D eigenvalue weighted by atomic mass is 32.2. The maximum Gasteiger partial charge on any atom is 0.320 e. The number of sulfonamides is 1. The van der Waals surface area contributed by atoms with Crippen molar-refractivity contribution in [3.8, 4) is 0 Å². The van der Waals surface area contributed by atoms with E-state index in [-0.39, 0.29) is 0 Å². The van der Waals surface area contributed by atoms with Gasteiger partial charge in [0, 0.05) is 25.0 Å². The van der Waals surface area contributed by atoms with Crippen LogP contribution in [0.25, 0.3) is 0 Å². The number of carbonyl (C=O) groups is 1. The number of nitrogens with one attached hydrogen (secondary N) is 1. The molecule has 8 heteroatoms. The Morgan fingerprint density at radius 1 is 1.62 bits per heavy atom. The molecule has 90 valence electrons. The lowest BCUT2D eigenvalue weighted by atomic mass is 10.4. The molecule has 0 bridgehead atoms. The second-order valence-corrected chi connectivity index (χ2v) is 5.19. The van der Waals surface area contributed by atoms with Crippen molar-refractivity contribution in [2.24, 2.45) is 0 Å². The third-order valence-corrected chi connectivity index (χ3v) is 3.13. The molecule has 0 saturated heterocycles. The van der Waals surface area contributed by atoms with Crippen LogP contribution in [0.15, 0.2) is 18.7 Å². The lowest BCUT2D eigenvalue weighted by molar-refractivity contribution is -0.134. The summed E-state index contributed by atoms with van der Waals surface area (Å²) in [6.07, 6.45) is 4.84. The molecule has 1 unspecified atom stereocenters. The Bertz CT molecular complexity index is 440. The van der Waals surface area contributed by atoms with Gasteiger partial charge in [-0.2, -0.15) is 0 Å². The van der Waals surface area contributed by atoms with Gasteiger partial charge in [0.2, 0.25) is 10.0 Å². The van der Waals surface area contributed by atoms with Gasteiger partial charge in [-0.05, 0) is 6.92 Å². The van der Waals surface area contributed by atoms with E-state index < -0.39 is 27.8 Å². The molecule has 0 aromatic carbocycles. The first-order valence-corrected chi connectivity index (χ1v) is 6.22. The standard InChI is InChI=1S/C8H13N3O4S/c1-7(4-11-3-2-9-6-11)10-16(14,15)5-8(12)13/h2-3,6-7,10H,4-5H2,1H3,(H,12,13). The summed E-state index contributed by atoms with van der Waals surface area (Å²) in [5.41, 5.74) is 0. The van der Waals surface area contributed by atoms with Crippen molar-refractivity contribution in [1.82, 2.24) is 14.3 Å². The van der Waals surface area contributed by atoms with Crippen LogP contribution < -0.4 is 4.72 Å². The van der Waals surface area contributed by atoms with Gasteiger partial charge in [-0.1, -0.05) is 0 Å². The summed E-state index contributed by atoms with van der Waals surface area (Å²) in [4.78, 5) is 14.1. The zero-order valence-corrected chi connectivity index (χ0v) is 9.51. The number of nitrogens with zero attached hydrogens (tertiary/aromatic N) is 2. The Hall–Kier alpha value is -1.41. The first-order chi connectivity index (χ1) is 7.39. The van der Waals surface area contributed by atoms with Gasteiger partial charge in [0.1, 0.15) is 0 Å². The highest BCUT2D eigenvalue weighted by Gasteiger charge is 2.18. The summed E-state index contributed by atoms with van der Waals surface area (Å²) >= 11 is 0. The molecule has 1 heterocycles. The zero-order valence-electron chi connectivity index (χ0n) is 8.70. The summed E-state index contributed by atoms with van der Waals surface area (Å²) < 4.78 is 26.5. The van der Waals surface area contributed by atoms with Gasteiger partial charge in [0.25, 0.3) is 0 Å². The molecule has 2 N–H and O–H groups in total. The first-order valence-electron chi connectivity index (χ1n) is 4.56. The molecule has 0 amide bonds. The quantitative estimate of drug-likeness (QED) is 0.690. The second-order valence-electron chi connectivity index (χ2n) is 3.43. The predicted octanol–water partition coefficient (Wildman–Crippen LogP) is -0.724. The number of aliphatic carboxylic acids is 1. The normalized spacial score (nSPS) is 13.6. The summed E-state index contributed by atoms with van der Waals surface area (Å²) in [6, 6.07) is -0.390. The van der Waals surface area contributed by atoms with Gasteiger partial charge < -0.3 is 9.67 Å². The largest absolute Gasteiger partial charge is 0.480 e. The molecule has 0 spiro atoms. The van der Waals surface area contributed by atoms with E-state index in [1.54, 1.807) is 30.2 Å². The van der Waals surface area contributed by atoms with Crippen molar-refractivity contribution in [3.63, 3.8) is 0 Å². The number of imidazole rings is 1. The van der Waals surface area contributed by atoms with Gasteiger partial charge in [-0.3, -0.25) is 4.79 Å². The molecule has 7 nitrogen and oxygen atoms in total. The van der Waals surface area contributed by atoms with Crippen molar-refractivity contribution in [3.05, 3.63) is 18.7 Å². The minimum Gasteiger partial charge on any atom is -0.480 e. The lowest BCUT2D eigenvalue weighted by Gasteiger charge is -2.13. The van der Waals surface area contributed by atoms with Crippen LogP contribution in [0, 0.1) is 0 Å².